The third-order valence-corrected chi connectivity index (χ3v) is 3.90. The van der Waals surface area contributed by atoms with Crippen LogP contribution in [0.5, 0.6) is 0 Å². The number of rotatable bonds is 4. The number of pyridine rings is 1. The van der Waals surface area contributed by atoms with Gasteiger partial charge in [-0.1, -0.05) is 18.2 Å². The van der Waals surface area contributed by atoms with Gasteiger partial charge in [0.25, 0.3) is 0 Å². The van der Waals surface area contributed by atoms with Gasteiger partial charge in [0.05, 0.1) is 18.8 Å². The van der Waals surface area contributed by atoms with Gasteiger partial charge >= 0.3 is 0 Å². The summed E-state index contributed by atoms with van der Waals surface area (Å²) in [5, 5.41) is 14.9. The van der Waals surface area contributed by atoms with Crippen molar-refractivity contribution in [3.63, 3.8) is 0 Å². The van der Waals surface area contributed by atoms with Crippen molar-refractivity contribution in [3.05, 3.63) is 36.0 Å². The Labute approximate surface area is 118 Å². The summed E-state index contributed by atoms with van der Waals surface area (Å²) in [6.45, 7) is 2.95. The number of nitrogens with zero attached hydrogens (tertiary/aromatic N) is 1. The van der Waals surface area contributed by atoms with Gasteiger partial charge in [0.1, 0.15) is 5.82 Å². The zero-order valence-electron chi connectivity index (χ0n) is 11.7. The first-order valence-corrected chi connectivity index (χ1v) is 7.12. The maximum atomic E-state index is 9.09. The molecule has 106 valence electrons. The number of nitrogens with one attached hydrogen (secondary N) is 1. The van der Waals surface area contributed by atoms with Crippen molar-refractivity contribution in [1.29, 1.82) is 0 Å². The van der Waals surface area contributed by atoms with Gasteiger partial charge in [-0.3, -0.25) is 0 Å². The maximum absolute atomic E-state index is 9.09. The molecule has 2 N–H and O–H groups in total. The largest absolute Gasteiger partial charge is 0.394 e. The Morgan fingerprint density at radius 1 is 1.30 bits per heavy atom. The first-order valence-electron chi connectivity index (χ1n) is 7.12. The van der Waals surface area contributed by atoms with E-state index in [0.29, 0.717) is 0 Å². The van der Waals surface area contributed by atoms with Crippen molar-refractivity contribution in [1.82, 2.24) is 4.98 Å². The molecule has 0 saturated carbocycles. The second kappa shape index (κ2) is 5.77. The summed E-state index contributed by atoms with van der Waals surface area (Å²) in [6, 6.07) is 8.29. The van der Waals surface area contributed by atoms with Gasteiger partial charge < -0.3 is 15.2 Å². The van der Waals surface area contributed by atoms with E-state index in [1.54, 1.807) is 0 Å². The van der Waals surface area contributed by atoms with Crippen LogP contribution in [0.1, 0.15) is 18.4 Å². The van der Waals surface area contributed by atoms with E-state index < -0.39 is 0 Å². The van der Waals surface area contributed by atoms with Crippen molar-refractivity contribution in [3.8, 4) is 0 Å². The van der Waals surface area contributed by atoms with E-state index in [9.17, 15) is 0 Å². The van der Waals surface area contributed by atoms with Crippen LogP contribution in [0.3, 0.4) is 0 Å². The molecule has 1 saturated heterocycles. The third-order valence-electron chi connectivity index (χ3n) is 3.90. The number of aliphatic hydroxyl groups excluding tert-OH is 1. The number of anilines is 1. The minimum atomic E-state index is 0.00372. The monoisotopic (exact) mass is 272 g/mol. The van der Waals surface area contributed by atoms with Crippen molar-refractivity contribution in [2.45, 2.75) is 32.0 Å². The summed E-state index contributed by atoms with van der Waals surface area (Å²) in [4.78, 5) is 4.45. The predicted octanol–water partition coefficient (Wildman–Crippen LogP) is 2.50. The lowest BCUT2D eigenvalue weighted by atomic mass is 10.1. The van der Waals surface area contributed by atoms with Crippen molar-refractivity contribution < 1.29 is 9.84 Å². The van der Waals surface area contributed by atoms with Crippen LogP contribution in [0.2, 0.25) is 0 Å². The minimum absolute atomic E-state index is 0.00372. The Kier molecular flexibility index (Phi) is 3.85. The van der Waals surface area contributed by atoms with Crippen LogP contribution >= 0.6 is 0 Å². The van der Waals surface area contributed by atoms with E-state index in [0.717, 1.165) is 25.2 Å². The smallest absolute Gasteiger partial charge is 0.134 e. The van der Waals surface area contributed by atoms with E-state index in [4.69, 9.17) is 9.84 Å². The van der Waals surface area contributed by atoms with Crippen molar-refractivity contribution in [2.75, 3.05) is 18.5 Å². The molecule has 2 aromatic rings. The molecule has 1 aliphatic heterocycles. The number of fused-ring (bicyclic) bond motifs is 1. The second-order valence-electron chi connectivity index (χ2n) is 5.35. The number of aromatic nitrogens is 1. The Morgan fingerprint density at radius 2 is 2.15 bits per heavy atom. The van der Waals surface area contributed by atoms with Crippen LogP contribution in [0, 0.1) is 6.92 Å². The van der Waals surface area contributed by atoms with Crippen LogP contribution in [-0.4, -0.2) is 35.5 Å². The molecule has 0 spiro atoms. The quantitative estimate of drug-likeness (QED) is 0.898. The molecule has 1 aliphatic rings. The molecule has 1 aromatic heterocycles. The van der Waals surface area contributed by atoms with Crippen LogP contribution in [0.15, 0.2) is 30.5 Å². The average Bonchev–Trinajstić information content (AvgIpc) is 2.93. The van der Waals surface area contributed by atoms with Gasteiger partial charge in [0.2, 0.25) is 0 Å². The second-order valence-corrected chi connectivity index (χ2v) is 5.35. The molecule has 1 aromatic carbocycles. The van der Waals surface area contributed by atoms with Crippen molar-refractivity contribution in [2.24, 2.45) is 0 Å². The molecule has 1 fully saturated rings. The molecule has 3 rings (SSSR count). The van der Waals surface area contributed by atoms with Gasteiger partial charge in [-0.15, -0.1) is 0 Å². The normalized spacial score (nSPS) is 22.3. The first kappa shape index (κ1) is 13.3. The summed E-state index contributed by atoms with van der Waals surface area (Å²) in [5.74, 6) is 0.914. The molecule has 20 heavy (non-hydrogen) atoms. The van der Waals surface area contributed by atoms with Gasteiger partial charge in [0, 0.05) is 18.1 Å². The first-order chi connectivity index (χ1) is 9.78. The Balaban J connectivity index is 1.75. The summed E-state index contributed by atoms with van der Waals surface area (Å²) >= 11 is 0. The fraction of sp³-hybridized carbons (Fsp3) is 0.438. The highest BCUT2D eigenvalue weighted by atomic mass is 16.5. The highest BCUT2D eigenvalue weighted by Crippen LogP contribution is 2.25. The van der Waals surface area contributed by atoms with Crippen LogP contribution in [-0.2, 0) is 4.74 Å². The standard InChI is InChI=1S/C16H20N2O2/c1-11-3-2-4-12-7-8-17-16(15(11)12)18-9-13-5-6-14(10-19)20-13/h2-4,7-8,13-14,19H,5-6,9-10H2,1H3,(H,17,18)/t13-,14+/m0/s1. The van der Waals surface area contributed by atoms with Gasteiger partial charge in [-0.05, 0) is 36.8 Å². The van der Waals surface area contributed by atoms with E-state index >= 15 is 0 Å². The lowest BCUT2D eigenvalue weighted by Gasteiger charge is -2.15. The SMILES string of the molecule is Cc1cccc2ccnc(NC[C@@H]3CC[C@H](CO)O3)c12. The van der Waals surface area contributed by atoms with E-state index in [2.05, 4.69) is 35.4 Å². The lowest BCUT2D eigenvalue weighted by Crippen LogP contribution is -2.22. The highest BCUT2D eigenvalue weighted by molar-refractivity contribution is 5.94. The fourth-order valence-electron chi connectivity index (χ4n) is 2.82. The third kappa shape index (κ3) is 2.62. The molecular weight excluding hydrogens is 252 g/mol. The Bertz CT molecular complexity index is 595. The molecule has 2 atom stereocenters. The summed E-state index contributed by atoms with van der Waals surface area (Å²) < 4.78 is 5.73. The molecule has 2 heterocycles. The molecule has 0 amide bonds. The molecular formula is C16H20N2O2. The molecule has 0 bridgehead atoms. The number of aryl methyl sites for hydroxylation is 1. The fourth-order valence-corrected chi connectivity index (χ4v) is 2.82. The van der Waals surface area contributed by atoms with E-state index in [1.165, 1.54) is 16.3 Å². The van der Waals surface area contributed by atoms with Crippen molar-refractivity contribution >= 4 is 16.6 Å². The molecule has 0 aliphatic carbocycles. The topological polar surface area (TPSA) is 54.4 Å². The highest BCUT2D eigenvalue weighted by Gasteiger charge is 2.24. The Hall–Kier alpha value is -1.65. The van der Waals surface area contributed by atoms with E-state index in [-0.39, 0.29) is 18.8 Å². The van der Waals surface area contributed by atoms with Crippen LogP contribution in [0.25, 0.3) is 10.8 Å². The molecule has 0 radical (unpaired) electrons. The number of hydrogen-bond acceptors (Lipinski definition) is 4. The molecule has 0 unspecified atom stereocenters. The van der Waals surface area contributed by atoms with Crippen LogP contribution in [0.4, 0.5) is 5.82 Å². The average molecular weight is 272 g/mol. The summed E-state index contributed by atoms with van der Waals surface area (Å²) in [7, 11) is 0. The van der Waals surface area contributed by atoms with E-state index in [1.807, 2.05) is 12.3 Å². The predicted molar refractivity (Wildman–Crippen MR) is 80.0 cm³/mol. The molecule has 4 nitrogen and oxygen atoms in total. The Morgan fingerprint density at radius 3 is 2.95 bits per heavy atom. The summed E-state index contributed by atoms with van der Waals surface area (Å²) in [5.41, 5.74) is 1.22. The van der Waals surface area contributed by atoms with Gasteiger partial charge in [0.15, 0.2) is 0 Å². The minimum Gasteiger partial charge on any atom is -0.394 e. The van der Waals surface area contributed by atoms with Crippen LogP contribution < -0.4 is 5.32 Å². The van der Waals surface area contributed by atoms with Gasteiger partial charge in [-0.25, -0.2) is 4.98 Å². The maximum Gasteiger partial charge on any atom is 0.134 e. The number of ether oxygens (including phenoxy) is 1. The lowest BCUT2D eigenvalue weighted by molar-refractivity contribution is 0.0174. The number of benzene rings is 1. The number of aliphatic hydroxyl groups is 1. The van der Waals surface area contributed by atoms with Gasteiger partial charge in [-0.2, -0.15) is 0 Å². The zero-order valence-corrected chi connectivity index (χ0v) is 11.7. The summed E-state index contributed by atoms with van der Waals surface area (Å²) in [6.07, 6.45) is 3.92. The zero-order chi connectivity index (χ0) is 13.9. The number of hydrogen-bond donors (Lipinski definition) is 2. The molecule has 4 heteroatoms.